The second-order valence-corrected chi connectivity index (χ2v) is 8.95. The van der Waals surface area contributed by atoms with E-state index in [2.05, 4.69) is 63.2 Å². The highest BCUT2D eigenvalue weighted by atomic mass is 16.5. The number of H-pyrrole nitrogens is 1. The lowest BCUT2D eigenvalue weighted by Gasteiger charge is -2.27. The van der Waals surface area contributed by atoms with Crippen LogP contribution in [0, 0.1) is 17.3 Å². The van der Waals surface area contributed by atoms with Crippen LogP contribution in [-0.2, 0) is 4.79 Å². The highest BCUT2D eigenvalue weighted by Crippen LogP contribution is 2.60. The van der Waals surface area contributed by atoms with Crippen molar-refractivity contribution in [2.24, 2.45) is 17.3 Å². The van der Waals surface area contributed by atoms with E-state index in [4.69, 9.17) is 4.74 Å². The minimum Gasteiger partial charge on any atom is -0.497 e. The number of carbonyl (C=O) groups excluding carboxylic acids is 1. The van der Waals surface area contributed by atoms with Crippen molar-refractivity contribution < 1.29 is 9.53 Å². The Labute approximate surface area is 167 Å². The lowest BCUT2D eigenvalue weighted by molar-refractivity contribution is -0.133. The summed E-state index contributed by atoms with van der Waals surface area (Å²) in [5.41, 5.74) is 5.00. The summed E-state index contributed by atoms with van der Waals surface area (Å²) in [6.45, 7) is 10.1. The topological polar surface area (TPSA) is 45.3 Å². The summed E-state index contributed by atoms with van der Waals surface area (Å²) in [7, 11) is 1.69. The van der Waals surface area contributed by atoms with Crippen LogP contribution in [0.4, 0.5) is 0 Å². The summed E-state index contributed by atoms with van der Waals surface area (Å²) in [5.74, 6) is 1.66. The molecule has 1 fully saturated rings. The quantitative estimate of drug-likeness (QED) is 0.759. The molecule has 4 rings (SSSR count). The van der Waals surface area contributed by atoms with Crippen LogP contribution in [0.2, 0.25) is 0 Å². The van der Waals surface area contributed by atoms with E-state index in [-0.39, 0.29) is 11.3 Å². The summed E-state index contributed by atoms with van der Waals surface area (Å²) in [6.07, 6.45) is 7.44. The van der Waals surface area contributed by atoms with Crippen LogP contribution in [0.1, 0.15) is 39.7 Å². The van der Waals surface area contributed by atoms with Gasteiger partial charge < -0.3 is 14.6 Å². The zero-order chi connectivity index (χ0) is 20.1. The number of methoxy groups -OCH3 is 1. The first-order valence-electron chi connectivity index (χ1n) is 10.1. The van der Waals surface area contributed by atoms with Crippen molar-refractivity contribution in [2.75, 3.05) is 20.2 Å². The summed E-state index contributed by atoms with van der Waals surface area (Å²) in [6, 6.07) is 6.10. The monoisotopic (exact) mass is 378 g/mol. The first kappa shape index (κ1) is 18.9. The molecule has 1 aliphatic heterocycles. The molecule has 1 aromatic heterocycles. The van der Waals surface area contributed by atoms with Gasteiger partial charge in [0.2, 0.25) is 5.91 Å². The van der Waals surface area contributed by atoms with Crippen molar-refractivity contribution in [2.45, 2.75) is 34.1 Å². The van der Waals surface area contributed by atoms with E-state index < -0.39 is 0 Å². The number of fused-ring (bicyclic) bond motifs is 1. The summed E-state index contributed by atoms with van der Waals surface area (Å²) >= 11 is 0. The highest BCUT2D eigenvalue weighted by molar-refractivity contribution is 5.94. The fraction of sp³-hybridized carbons (Fsp3) is 0.458. The van der Waals surface area contributed by atoms with Gasteiger partial charge in [-0.15, -0.1) is 0 Å². The number of aromatic nitrogens is 1. The molecular weight excluding hydrogens is 348 g/mol. The Morgan fingerprint density at radius 1 is 1.32 bits per heavy atom. The number of carbonyl (C=O) groups is 1. The maximum Gasteiger partial charge on any atom is 0.227 e. The molecule has 1 saturated carbocycles. The third-order valence-electron chi connectivity index (χ3n) is 6.45. The van der Waals surface area contributed by atoms with Crippen LogP contribution in [0.3, 0.4) is 0 Å². The fourth-order valence-corrected chi connectivity index (χ4v) is 4.62. The van der Waals surface area contributed by atoms with Gasteiger partial charge in [0.25, 0.3) is 0 Å². The van der Waals surface area contributed by atoms with E-state index in [9.17, 15) is 4.79 Å². The maximum absolute atomic E-state index is 13.1. The van der Waals surface area contributed by atoms with Crippen LogP contribution in [0.5, 0.6) is 5.75 Å². The summed E-state index contributed by atoms with van der Waals surface area (Å²) < 4.78 is 5.38. The Bertz CT molecular complexity index is 976. The van der Waals surface area contributed by atoms with Gasteiger partial charge in [0.05, 0.1) is 13.0 Å². The Morgan fingerprint density at radius 3 is 2.75 bits per heavy atom. The van der Waals surface area contributed by atoms with Crippen LogP contribution in [-0.4, -0.2) is 36.0 Å². The van der Waals surface area contributed by atoms with Crippen molar-refractivity contribution in [3.05, 3.63) is 47.7 Å². The van der Waals surface area contributed by atoms with Crippen molar-refractivity contribution >= 4 is 22.4 Å². The third kappa shape index (κ3) is 3.15. The molecule has 0 bridgehead atoms. The molecule has 2 atom stereocenters. The molecule has 1 amide bonds. The van der Waals surface area contributed by atoms with E-state index >= 15 is 0 Å². The van der Waals surface area contributed by atoms with Gasteiger partial charge in [0.15, 0.2) is 0 Å². The standard InChI is InChI=1S/C24H30N2O2/c1-15(2)12-20-22(24(20,3)4)23(27)26-10-8-16(9-11-26)19-14-25-21-7-6-17(28-5)13-18(19)21/h6-8,12-14,20,22,25H,9-11H2,1-5H3. The normalized spacial score (nSPS) is 23.3. The van der Waals surface area contributed by atoms with E-state index in [1.165, 1.54) is 22.1 Å². The molecule has 0 spiro atoms. The van der Waals surface area contributed by atoms with Gasteiger partial charge in [-0.2, -0.15) is 0 Å². The molecular formula is C24H30N2O2. The zero-order valence-electron chi connectivity index (χ0n) is 17.5. The zero-order valence-corrected chi connectivity index (χ0v) is 17.5. The van der Waals surface area contributed by atoms with E-state index in [1.807, 2.05) is 11.0 Å². The van der Waals surface area contributed by atoms with Gasteiger partial charge in [-0.05, 0) is 55.4 Å². The van der Waals surface area contributed by atoms with Crippen molar-refractivity contribution in [3.8, 4) is 5.75 Å². The Kier molecular flexibility index (Phi) is 4.60. The summed E-state index contributed by atoms with van der Waals surface area (Å²) in [5, 5.41) is 1.18. The molecule has 4 heteroatoms. The van der Waals surface area contributed by atoms with Crippen molar-refractivity contribution in [1.29, 1.82) is 0 Å². The lowest BCUT2D eigenvalue weighted by atomic mass is 9.98. The molecule has 2 unspecified atom stereocenters. The predicted molar refractivity (Wildman–Crippen MR) is 114 cm³/mol. The minimum atomic E-state index is 0.0751. The van der Waals surface area contributed by atoms with Crippen LogP contribution >= 0.6 is 0 Å². The number of amides is 1. The smallest absolute Gasteiger partial charge is 0.227 e. The number of aromatic amines is 1. The van der Waals surface area contributed by atoms with Gasteiger partial charge in [-0.1, -0.05) is 31.6 Å². The third-order valence-corrected chi connectivity index (χ3v) is 6.45. The molecule has 0 saturated heterocycles. The molecule has 28 heavy (non-hydrogen) atoms. The fourth-order valence-electron chi connectivity index (χ4n) is 4.62. The summed E-state index contributed by atoms with van der Waals surface area (Å²) in [4.78, 5) is 18.5. The number of hydrogen-bond acceptors (Lipinski definition) is 2. The number of rotatable bonds is 4. The highest BCUT2D eigenvalue weighted by Gasteiger charge is 2.61. The molecule has 2 aromatic rings. The molecule has 0 radical (unpaired) electrons. The number of ether oxygens (including phenoxy) is 1. The molecule has 2 heterocycles. The number of benzene rings is 1. The van der Waals surface area contributed by atoms with Gasteiger partial charge >= 0.3 is 0 Å². The Balaban J connectivity index is 1.51. The van der Waals surface area contributed by atoms with Gasteiger partial charge in [0.1, 0.15) is 5.75 Å². The van der Waals surface area contributed by atoms with E-state index in [0.717, 1.165) is 24.2 Å². The molecule has 4 nitrogen and oxygen atoms in total. The van der Waals surface area contributed by atoms with Crippen LogP contribution in [0.15, 0.2) is 42.1 Å². The second-order valence-electron chi connectivity index (χ2n) is 8.95. The number of nitrogens with one attached hydrogen (secondary N) is 1. The molecule has 148 valence electrons. The largest absolute Gasteiger partial charge is 0.497 e. The SMILES string of the molecule is COc1ccc2[nH]cc(C3=CCN(C(=O)C4C(C=C(C)C)C4(C)C)CC3)c2c1. The van der Waals surface area contributed by atoms with Crippen molar-refractivity contribution in [3.63, 3.8) is 0 Å². The van der Waals surface area contributed by atoms with Crippen molar-refractivity contribution in [1.82, 2.24) is 9.88 Å². The first-order valence-corrected chi connectivity index (χ1v) is 10.1. The number of nitrogens with zero attached hydrogens (tertiary/aromatic N) is 1. The molecule has 1 aromatic carbocycles. The van der Waals surface area contributed by atoms with Gasteiger partial charge in [-0.3, -0.25) is 4.79 Å². The maximum atomic E-state index is 13.1. The number of hydrogen-bond donors (Lipinski definition) is 1. The molecule has 2 aliphatic rings. The average Bonchev–Trinajstić information content (AvgIpc) is 3.02. The molecule has 1 N–H and O–H groups in total. The Hall–Kier alpha value is -2.49. The van der Waals surface area contributed by atoms with E-state index in [0.29, 0.717) is 18.4 Å². The average molecular weight is 379 g/mol. The van der Waals surface area contributed by atoms with E-state index in [1.54, 1.807) is 7.11 Å². The Morgan fingerprint density at radius 2 is 2.11 bits per heavy atom. The van der Waals surface area contributed by atoms with Crippen LogP contribution < -0.4 is 4.74 Å². The van der Waals surface area contributed by atoms with Gasteiger partial charge in [0, 0.05) is 35.8 Å². The minimum absolute atomic E-state index is 0.0751. The molecule has 1 aliphatic carbocycles. The second kappa shape index (κ2) is 6.84. The first-order chi connectivity index (χ1) is 13.3. The van der Waals surface area contributed by atoms with Gasteiger partial charge in [-0.25, -0.2) is 0 Å². The number of allylic oxidation sites excluding steroid dienone is 2. The predicted octanol–water partition coefficient (Wildman–Crippen LogP) is 5.03. The lowest BCUT2D eigenvalue weighted by Crippen LogP contribution is -2.36. The van der Waals surface area contributed by atoms with Crippen LogP contribution in [0.25, 0.3) is 16.5 Å².